The van der Waals surface area contributed by atoms with E-state index in [0.717, 1.165) is 68.0 Å². The summed E-state index contributed by atoms with van der Waals surface area (Å²) in [6, 6.07) is 19.9. The van der Waals surface area contributed by atoms with E-state index in [4.69, 9.17) is 18.9 Å². The fourth-order valence-corrected chi connectivity index (χ4v) is 11.9. The Kier molecular flexibility index (Phi) is 16.0. The number of thioether (sulfide) groups is 6. The first-order valence-corrected chi connectivity index (χ1v) is 23.1. The molecule has 2 aliphatic heterocycles. The molecule has 0 radical (unpaired) electrons. The lowest BCUT2D eigenvalue weighted by Crippen LogP contribution is -2.08. The van der Waals surface area contributed by atoms with E-state index in [1.54, 1.807) is 23.5 Å². The molecule has 2 aliphatic rings. The first kappa shape index (κ1) is 46.8. The van der Waals surface area contributed by atoms with Crippen molar-refractivity contribution in [1.29, 1.82) is 0 Å². The number of rotatable bonds is 8. The van der Waals surface area contributed by atoms with Crippen LogP contribution in [0.3, 0.4) is 0 Å². The molecule has 14 heteroatoms. The average Bonchev–Trinajstić information content (AvgIpc) is 3.83. The molecule has 3 aromatic carbocycles. The van der Waals surface area contributed by atoms with Crippen LogP contribution in [0.1, 0.15) is 74.9 Å². The molecule has 0 aromatic heterocycles. The highest BCUT2D eigenvalue weighted by atomic mass is 32.2. The fraction of sp³-hybridized carbons (Fsp3) is 0.261. The Morgan fingerprint density at radius 2 is 0.767 bits per heavy atom. The second-order valence-electron chi connectivity index (χ2n) is 14.6. The number of esters is 4. The Morgan fingerprint density at radius 3 is 1.02 bits per heavy atom. The number of hydrogen-bond donors (Lipinski definition) is 0. The minimum absolute atomic E-state index is 0.0488. The van der Waals surface area contributed by atoms with Crippen LogP contribution < -0.4 is 0 Å². The molecule has 0 saturated heterocycles. The smallest absolute Gasteiger partial charge is 0.346 e. The topological polar surface area (TPSA) is 105 Å². The number of carbonyl (C=O) groups excluding carboxylic acids is 4. The van der Waals surface area contributed by atoms with Crippen molar-refractivity contribution in [1.82, 2.24) is 0 Å². The second kappa shape index (κ2) is 20.5. The van der Waals surface area contributed by atoms with Gasteiger partial charge in [0, 0.05) is 41.5 Å². The molecule has 0 spiro atoms. The molecule has 0 aliphatic carbocycles. The van der Waals surface area contributed by atoms with E-state index < -0.39 is 23.9 Å². The van der Waals surface area contributed by atoms with E-state index in [-0.39, 0.29) is 29.1 Å². The van der Waals surface area contributed by atoms with Crippen molar-refractivity contribution >= 4 is 107 Å². The van der Waals surface area contributed by atoms with Crippen molar-refractivity contribution in [3.8, 4) is 23.7 Å². The molecule has 0 saturated carbocycles. The summed E-state index contributed by atoms with van der Waals surface area (Å²) in [5.74, 6) is 10.7. The van der Waals surface area contributed by atoms with Crippen molar-refractivity contribution in [2.75, 3.05) is 28.4 Å². The maximum Gasteiger partial charge on any atom is 0.346 e. The number of carbonyl (C=O) groups is 4. The van der Waals surface area contributed by atoms with Crippen molar-refractivity contribution < 1.29 is 38.1 Å². The van der Waals surface area contributed by atoms with Crippen LogP contribution in [0.25, 0.3) is 12.2 Å². The zero-order valence-corrected chi connectivity index (χ0v) is 39.5. The first-order chi connectivity index (χ1) is 28.4. The third-order valence-corrected chi connectivity index (χ3v) is 14.8. The highest BCUT2D eigenvalue weighted by Gasteiger charge is 2.34. The second-order valence-corrected chi connectivity index (χ2v) is 23.1. The molecule has 0 bridgehead atoms. The van der Waals surface area contributed by atoms with Crippen LogP contribution in [0.2, 0.25) is 0 Å². The van der Waals surface area contributed by atoms with Crippen LogP contribution in [0.4, 0.5) is 0 Å². The summed E-state index contributed by atoms with van der Waals surface area (Å²) in [4.78, 5) is 53.7. The van der Waals surface area contributed by atoms with Gasteiger partial charge in [0.05, 0.1) is 36.9 Å². The van der Waals surface area contributed by atoms with Gasteiger partial charge in [-0.2, -0.15) is 0 Å². The zero-order chi connectivity index (χ0) is 43.8. The van der Waals surface area contributed by atoms with Crippen LogP contribution in [0.5, 0.6) is 0 Å². The number of benzene rings is 3. The van der Waals surface area contributed by atoms with Crippen LogP contribution in [-0.2, 0) is 38.1 Å². The normalized spacial score (nSPS) is 13.8. The largest absolute Gasteiger partial charge is 0.465 e. The third-order valence-electron chi connectivity index (χ3n) is 7.71. The minimum atomic E-state index is -0.650. The number of ether oxygens (including phenoxy) is 4. The monoisotopic (exact) mass is 914 g/mol. The minimum Gasteiger partial charge on any atom is -0.465 e. The molecule has 0 fully saturated rings. The molecular formula is C46H42O8S6. The van der Waals surface area contributed by atoms with E-state index in [0.29, 0.717) is 30.7 Å². The summed E-state index contributed by atoms with van der Waals surface area (Å²) in [5, 5.41) is 0. The molecule has 2 heterocycles. The zero-order valence-electron chi connectivity index (χ0n) is 34.6. The van der Waals surface area contributed by atoms with Crippen LogP contribution in [0, 0.1) is 23.7 Å². The highest BCUT2D eigenvalue weighted by molar-refractivity contribution is 8.30. The van der Waals surface area contributed by atoms with Gasteiger partial charge in [-0.1, -0.05) is 112 Å². The van der Waals surface area contributed by atoms with Crippen molar-refractivity contribution in [2.45, 2.75) is 60.8 Å². The Morgan fingerprint density at radius 1 is 0.483 bits per heavy atom. The SMILES string of the molecule is COC(=O)C1=C(C(=O)OC)SC(=Cc2cc(C#Cc3ccc(SC(C)(C)C)cc3)c(C=C3SC(C(=O)OC)=C(C(=O)OC)S3)cc2C#Cc2ccc(SC(C)(C)C)cc2)S1. The Hall–Kier alpha value is -4.28. The summed E-state index contributed by atoms with van der Waals surface area (Å²) in [7, 11) is 5.03. The molecule has 3 aromatic rings. The Bertz CT molecular complexity index is 2230. The van der Waals surface area contributed by atoms with Crippen molar-refractivity contribution in [2.24, 2.45) is 0 Å². The van der Waals surface area contributed by atoms with Crippen LogP contribution in [-0.4, -0.2) is 61.8 Å². The molecule has 8 nitrogen and oxygen atoms in total. The summed E-state index contributed by atoms with van der Waals surface area (Å²) in [5.41, 5.74) is 4.18. The quantitative estimate of drug-likeness (QED) is 0.0926. The maximum absolute atomic E-state index is 12.7. The lowest BCUT2D eigenvalue weighted by molar-refractivity contribution is -0.138. The summed E-state index contributed by atoms with van der Waals surface area (Å²) in [6.07, 6.45) is 3.71. The van der Waals surface area contributed by atoms with Gasteiger partial charge in [-0.05, 0) is 83.9 Å². The molecule has 60 heavy (non-hydrogen) atoms. The van der Waals surface area contributed by atoms with Crippen LogP contribution >= 0.6 is 70.6 Å². The van der Waals surface area contributed by atoms with E-state index in [9.17, 15) is 19.2 Å². The van der Waals surface area contributed by atoms with Crippen LogP contribution in [0.15, 0.2) is 98.5 Å². The van der Waals surface area contributed by atoms with Gasteiger partial charge in [0.15, 0.2) is 0 Å². The van der Waals surface area contributed by atoms with Gasteiger partial charge in [-0.25, -0.2) is 19.2 Å². The first-order valence-electron chi connectivity index (χ1n) is 18.2. The standard InChI is InChI=1S/C46H42O8S6/c1-45(2,3)59-33-19-13-27(14-20-33)11-17-29-23-32(26-36-57-39(43(49)53-9)40(58-36)44(50)54-10)30(18-12-28-15-21-34(22-16-28)60-46(4,5)6)24-31(29)25-35-55-37(41(47)51-7)38(56-35)42(48)52-8/h13-16,19-26H,1-10H3. The van der Waals surface area contributed by atoms with Crippen molar-refractivity contribution in [3.05, 3.63) is 122 Å². The predicted octanol–water partition coefficient (Wildman–Crippen LogP) is 10.9. The summed E-state index contributed by atoms with van der Waals surface area (Å²) >= 11 is 7.97. The van der Waals surface area contributed by atoms with E-state index in [1.807, 2.05) is 72.8 Å². The number of hydrogen-bond acceptors (Lipinski definition) is 14. The molecule has 0 unspecified atom stereocenters. The van der Waals surface area contributed by atoms with E-state index in [1.165, 1.54) is 28.4 Å². The highest BCUT2D eigenvalue weighted by Crippen LogP contribution is 2.52. The lowest BCUT2D eigenvalue weighted by atomic mass is 9.98. The molecule has 5 rings (SSSR count). The van der Waals surface area contributed by atoms with Crippen molar-refractivity contribution in [3.63, 3.8) is 0 Å². The average molecular weight is 915 g/mol. The predicted molar refractivity (Wildman–Crippen MR) is 251 cm³/mol. The molecule has 0 amide bonds. The van der Waals surface area contributed by atoms with Gasteiger partial charge in [-0.15, -0.1) is 23.5 Å². The van der Waals surface area contributed by atoms with E-state index >= 15 is 0 Å². The fourth-order valence-electron chi connectivity index (χ4n) is 5.20. The summed E-state index contributed by atoms with van der Waals surface area (Å²) in [6.45, 7) is 13.0. The van der Waals surface area contributed by atoms with Gasteiger partial charge >= 0.3 is 23.9 Å². The van der Waals surface area contributed by atoms with E-state index in [2.05, 4.69) is 65.2 Å². The van der Waals surface area contributed by atoms with Gasteiger partial charge < -0.3 is 18.9 Å². The molecule has 0 N–H and O–H groups in total. The number of methoxy groups -OCH3 is 4. The molecule has 0 atom stereocenters. The van der Waals surface area contributed by atoms with Gasteiger partial charge in [0.1, 0.15) is 19.6 Å². The third kappa shape index (κ3) is 12.9. The van der Waals surface area contributed by atoms with Gasteiger partial charge in [0.25, 0.3) is 0 Å². The van der Waals surface area contributed by atoms with Gasteiger partial charge in [-0.3, -0.25) is 0 Å². The Balaban J connectivity index is 1.69. The van der Waals surface area contributed by atoms with Gasteiger partial charge in [0.2, 0.25) is 0 Å². The summed E-state index contributed by atoms with van der Waals surface area (Å²) < 4.78 is 21.3. The lowest BCUT2D eigenvalue weighted by Gasteiger charge is -2.17. The maximum atomic E-state index is 12.7. The molecular weight excluding hydrogens is 873 g/mol. The molecule has 310 valence electrons. The Labute approximate surface area is 377 Å².